The summed E-state index contributed by atoms with van der Waals surface area (Å²) in [5.41, 5.74) is 2.13. The Hall–Kier alpha value is -2.69. The summed E-state index contributed by atoms with van der Waals surface area (Å²) in [4.78, 5) is 24.0. The number of carbonyl (C=O) groups is 1. The SMILES string of the molecule is Cc1ccccc1C(=O)N(C)c1ccc([N+](=O)[O-])cc1. The zero-order valence-corrected chi connectivity index (χ0v) is 11.2. The molecular formula is C15H14N2O3. The van der Waals surface area contributed by atoms with Crippen LogP contribution in [0.3, 0.4) is 0 Å². The number of anilines is 1. The van der Waals surface area contributed by atoms with Crippen LogP contribution in [-0.2, 0) is 0 Å². The minimum atomic E-state index is -0.465. The number of hydrogen-bond acceptors (Lipinski definition) is 3. The number of hydrogen-bond donors (Lipinski definition) is 0. The maximum Gasteiger partial charge on any atom is 0.269 e. The van der Waals surface area contributed by atoms with Gasteiger partial charge < -0.3 is 4.90 Å². The highest BCUT2D eigenvalue weighted by molar-refractivity contribution is 6.06. The van der Waals surface area contributed by atoms with Crippen molar-refractivity contribution in [2.45, 2.75) is 6.92 Å². The van der Waals surface area contributed by atoms with Crippen LogP contribution in [-0.4, -0.2) is 17.9 Å². The summed E-state index contributed by atoms with van der Waals surface area (Å²) in [6.45, 7) is 1.87. The van der Waals surface area contributed by atoms with Crippen molar-refractivity contribution < 1.29 is 9.72 Å². The zero-order valence-electron chi connectivity index (χ0n) is 11.2. The van der Waals surface area contributed by atoms with Crippen molar-refractivity contribution in [3.8, 4) is 0 Å². The third-order valence-corrected chi connectivity index (χ3v) is 3.13. The van der Waals surface area contributed by atoms with Gasteiger partial charge in [0.05, 0.1) is 4.92 Å². The van der Waals surface area contributed by atoms with Crippen molar-refractivity contribution in [2.24, 2.45) is 0 Å². The Labute approximate surface area is 116 Å². The van der Waals surface area contributed by atoms with E-state index in [1.807, 2.05) is 25.1 Å². The number of aryl methyl sites for hydroxylation is 1. The molecule has 0 aromatic heterocycles. The summed E-state index contributed by atoms with van der Waals surface area (Å²) in [6.07, 6.45) is 0. The quantitative estimate of drug-likeness (QED) is 0.635. The standard InChI is InChI=1S/C15H14N2O3/c1-11-5-3-4-6-14(11)15(18)16(2)12-7-9-13(10-8-12)17(19)20/h3-10H,1-2H3. The second kappa shape index (κ2) is 5.52. The summed E-state index contributed by atoms with van der Waals surface area (Å²) >= 11 is 0. The lowest BCUT2D eigenvalue weighted by Gasteiger charge is -2.18. The van der Waals surface area contributed by atoms with Crippen molar-refractivity contribution in [3.63, 3.8) is 0 Å². The Balaban J connectivity index is 2.27. The first-order chi connectivity index (χ1) is 9.50. The van der Waals surface area contributed by atoms with E-state index < -0.39 is 4.92 Å². The second-order valence-corrected chi connectivity index (χ2v) is 4.45. The van der Waals surface area contributed by atoms with Gasteiger partial charge in [-0.25, -0.2) is 0 Å². The number of non-ortho nitro benzene ring substituents is 1. The lowest BCUT2D eigenvalue weighted by Crippen LogP contribution is -2.26. The van der Waals surface area contributed by atoms with Crippen LogP contribution in [0.25, 0.3) is 0 Å². The number of nitro benzene ring substituents is 1. The fraction of sp³-hybridized carbons (Fsp3) is 0.133. The second-order valence-electron chi connectivity index (χ2n) is 4.45. The van der Waals surface area contributed by atoms with E-state index in [1.54, 1.807) is 25.2 Å². The number of rotatable bonds is 3. The molecule has 0 radical (unpaired) electrons. The third-order valence-electron chi connectivity index (χ3n) is 3.13. The predicted octanol–water partition coefficient (Wildman–Crippen LogP) is 3.18. The molecule has 0 aliphatic heterocycles. The van der Waals surface area contributed by atoms with Gasteiger partial charge in [0, 0.05) is 30.4 Å². The average Bonchev–Trinajstić information content (AvgIpc) is 2.46. The van der Waals surface area contributed by atoms with Gasteiger partial charge in [-0.3, -0.25) is 14.9 Å². The topological polar surface area (TPSA) is 63.5 Å². The molecule has 2 aromatic rings. The monoisotopic (exact) mass is 270 g/mol. The molecule has 5 heteroatoms. The molecule has 0 fully saturated rings. The van der Waals surface area contributed by atoms with Crippen LogP contribution >= 0.6 is 0 Å². The van der Waals surface area contributed by atoms with E-state index in [2.05, 4.69) is 0 Å². The summed E-state index contributed by atoms with van der Waals surface area (Å²) in [5, 5.41) is 10.6. The molecule has 102 valence electrons. The molecule has 5 nitrogen and oxygen atoms in total. The normalized spacial score (nSPS) is 10.1. The van der Waals surface area contributed by atoms with Gasteiger partial charge in [-0.15, -0.1) is 0 Å². The molecule has 0 saturated carbocycles. The van der Waals surface area contributed by atoms with Crippen LogP contribution in [0.1, 0.15) is 15.9 Å². The van der Waals surface area contributed by atoms with E-state index in [-0.39, 0.29) is 11.6 Å². The van der Waals surface area contributed by atoms with Crippen LogP contribution in [0.5, 0.6) is 0 Å². The molecule has 0 bridgehead atoms. The fourth-order valence-corrected chi connectivity index (χ4v) is 1.91. The van der Waals surface area contributed by atoms with Gasteiger partial charge in [0.25, 0.3) is 11.6 Å². The highest BCUT2D eigenvalue weighted by atomic mass is 16.6. The fourth-order valence-electron chi connectivity index (χ4n) is 1.91. The smallest absolute Gasteiger partial charge is 0.269 e. The van der Waals surface area contributed by atoms with E-state index in [4.69, 9.17) is 0 Å². The van der Waals surface area contributed by atoms with Crippen LogP contribution < -0.4 is 4.90 Å². The van der Waals surface area contributed by atoms with Crippen molar-refractivity contribution in [2.75, 3.05) is 11.9 Å². The average molecular weight is 270 g/mol. The molecule has 0 aliphatic carbocycles. The van der Waals surface area contributed by atoms with Gasteiger partial charge in [-0.05, 0) is 30.7 Å². The minimum Gasteiger partial charge on any atom is -0.311 e. The summed E-state index contributed by atoms with van der Waals surface area (Å²) in [7, 11) is 1.65. The Morgan fingerprint density at radius 2 is 1.70 bits per heavy atom. The molecule has 0 unspecified atom stereocenters. The van der Waals surface area contributed by atoms with Crippen LogP contribution in [0.4, 0.5) is 11.4 Å². The Bertz CT molecular complexity index is 650. The van der Waals surface area contributed by atoms with E-state index >= 15 is 0 Å². The van der Waals surface area contributed by atoms with Crippen molar-refractivity contribution in [1.29, 1.82) is 0 Å². The largest absolute Gasteiger partial charge is 0.311 e. The first-order valence-corrected chi connectivity index (χ1v) is 6.09. The predicted molar refractivity (Wildman–Crippen MR) is 77.0 cm³/mol. The van der Waals surface area contributed by atoms with Gasteiger partial charge >= 0.3 is 0 Å². The van der Waals surface area contributed by atoms with E-state index in [0.717, 1.165) is 5.56 Å². The first-order valence-electron chi connectivity index (χ1n) is 6.09. The van der Waals surface area contributed by atoms with E-state index in [1.165, 1.54) is 17.0 Å². The van der Waals surface area contributed by atoms with Crippen LogP contribution in [0.2, 0.25) is 0 Å². The molecule has 0 atom stereocenters. The molecule has 0 spiro atoms. The molecule has 0 heterocycles. The molecule has 0 saturated heterocycles. The van der Waals surface area contributed by atoms with E-state index in [9.17, 15) is 14.9 Å². The highest BCUT2D eigenvalue weighted by Gasteiger charge is 2.16. The molecule has 2 aromatic carbocycles. The number of nitro groups is 1. The van der Waals surface area contributed by atoms with Gasteiger partial charge in [-0.2, -0.15) is 0 Å². The maximum atomic E-state index is 12.4. The summed E-state index contributed by atoms with van der Waals surface area (Å²) < 4.78 is 0. The minimum absolute atomic E-state index is 0.00508. The van der Waals surface area contributed by atoms with Gasteiger partial charge in [0.2, 0.25) is 0 Å². The maximum absolute atomic E-state index is 12.4. The van der Waals surface area contributed by atoms with Crippen molar-refractivity contribution in [1.82, 2.24) is 0 Å². The number of amides is 1. The lowest BCUT2D eigenvalue weighted by molar-refractivity contribution is -0.384. The van der Waals surface area contributed by atoms with Gasteiger partial charge in [-0.1, -0.05) is 18.2 Å². The van der Waals surface area contributed by atoms with Gasteiger partial charge in [0.15, 0.2) is 0 Å². The van der Waals surface area contributed by atoms with Crippen LogP contribution in [0.15, 0.2) is 48.5 Å². The molecule has 0 N–H and O–H groups in total. The lowest BCUT2D eigenvalue weighted by atomic mass is 10.1. The molecule has 2 rings (SSSR count). The molecule has 1 amide bonds. The highest BCUT2D eigenvalue weighted by Crippen LogP contribution is 2.20. The van der Waals surface area contributed by atoms with E-state index in [0.29, 0.717) is 11.3 Å². The summed E-state index contributed by atoms with van der Waals surface area (Å²) in [6, 6.07) is 13.2. The number of nitrogens with zero attached hydrogens (tertiary/aromatic N) is 2. The van der Waals surface area contributed by atoms with Crippen molar-refractivity contribution in [3.05, 3.63) is 69.8 Å². The molecule has 0 aliphatic rings. The third kappa shape index (κ3) is 2.66. The first kappa shape index (κ1) is 13.7. The Morgan fingerprint density at radius 3 is 2.25 bits per heavy atom. The Morgan fingerprint density at radius 1 is 1.10 bits per heavy atom. The van der Waals surface area contributed by atoms with Crippen molar-refractivity contribution >= 4 is 17.3 Å². The number of carbonyl (C=O) groups excluding carboxylic acids is 1. The number of benzene rings is 2. The van der Waals surface area contributed by atoms with Crippen LogP contribution in [0, 0.1) is 17.0 Å². The molecular weight excluding hydrogens is 256 g/mol. The zero-order chi connectivity index (χ0) is 14.7. The molecule has 20 heavy (non-hydrogen) atoms. The van der Waals surface area contributed by atoms with Gasteiger partial charge in [0.1, 0.15) is 0 Å². The Kier molecular flexibility index (Phi) is 3.79. The summed E-state index contributed by atoms with van der Waals surface area (Å²) in [5.74, 6) is -0.142.